The van der Waals surface area contributed by atoms with Crippen molar-refractivity contribution in [2.75, 3.05) is 26.9 Å². The van der Waals surface area contributed by atoms with E-state index in [9.17, 15) is 4.79 Å². The van der Waals surface area contributed by atoms with Gasteiger partial charge in [0.2, 0.25) is 5.91 Å². The molecule has 5 nitrogen and oxygen atoms in total. The molecule has 0 bridgehead atoms. The van der Waals surface area contributed by atoms with Gasteiger partial charge in [0.25, 0.3) is 0 Å². The number of amides is 1. The van der Waals surface area contributed by atoms with Gasteiger partial charge in [-0.25, -0.2) is 0 Å². The normalized spacial score (nSPS) is 20.6. The van der Waals surface area contributed by atoms with Crippen LogP contribution >= 0.6 is 0 Å². The summed E-state index contributed by atoms with van der Waals surface area (Å²) in [6, 6.07) is 7.37. The second kappa shape index (κ2) is 6.54. The molecule has 0 aliphatic carbocycles. The van der Waals surface area contributed by atoms with E-state index in [1.54, 1.807) is 7.11 Å². The minimum atomic E-state index is -0.262. The van der Waals surface area contributed by atoms with Crippen molar-refractivity contribution in [1.82, 2.24) is 10.6 Å². The highest BCUT2D eigenvalue weighted by Crippen LogP contribution is 2.18. The SMILES string of the molecule is COc1cccc([C@H](C)NC(=O)C2COCCN2)c1. The topological polar surface area (TPSA) is 59.6 Å². The Bertz CT molecular complexity index is 430. The molecule has 19 heavy (non-hydrogen) atoms. The van der Waals surface area contributed by atoms with E-state index in [0.29, 0.717) is 19.8 Å². The molecule has 1 heterocycles. The van der Waals surface area contributed by atoms with Crippen molar-refractivity contribution in [3.05, 3.63) is 29.8 Å². The first-order valence-corrected chi connectivity index (χ1v) is 6.46. The molecule has 1 amide bonds. The van der Waals surface area contributed by atoms with Gasteiger partial charge in [0, 0.05) is 6.54 Å². The summed E-state index contributed by atoms with van der Waals surface area (Å²) >= 11 is 0. The summed E-state index contributed by atoms with van der Waals surface area (Å²) in [5, 5.41) is 6.12. The number of methoxy groups -OCH3 is 1. The molecule has 5 heteroatoms. The zero-order valence-corrected chi connectivity index (χ0v) is 11.3. The lowest BCUT2D eigenvalue weighted by Crippen LogP contribution is -2.51. The predicted octanol–water partition coefficient (Wildman–Crippen LogP) is 0.861. The van der Waals surface area contributed by atoms with Crippen LogP contribution in [0.25, 0.3) is 0 Å². The van der Waals surface area contributed by atoms with Gasteiger partial charge in [0.1, 0.15) is 11.8 Å². The number of benzene rings is 1. The number of hydrogen-bond donors (Lipinski definition) is 2. The van der Waals surface area contributed by atoms with Crippen molar-refractivity contribution in [1.29, 1.82) is 0 Å². The quantitative estimate of drug-likeness (QED) is 0.847. The highest BCUT2D eigenvalue weighted by atomic mass is 16.5. The number of carbonyl (C=O) groups is 1. The van der Waals surface area contributed by atoms with Crippen LogP contribution in [0.3, 0.4) is 0 Å². The third-order valence-electron chi connectivity index (χ3n) is 3.19. The van der Waals surface area contributed by atoms with Crippen LogP contribution in [-0.4, -0.2) is 38.8 Å². The van der Waals surface area contributed by atoms with Gasteiger partial charge >= 0.3 is 0 Å². The molecule has 1 saturated heterocycles. The second-order valence-electron chi connectivity index (χ2n) is 4.59. The smallest absolute Gasteiger partial charge is 0.240 e. The maximum absolute atomic E-state index is 12.1. The molecule has 1 fully saturated rings. The van der Waals surface area contributed by atoms with E-state index in [1.807, 2.05) is 31.2 Å². The van der Waals surface area contributed by atoms with Crippen molar-refractivity contribution in [2.24, 2.45) is 0 Å². The van der Waals surface area contributed by atoms with E-state index in [-0.39, 0.29) is 18.0 Å². The average Bonchev–Trinajstić information content (AvgIpc) is 2.48. The number of carbonyl (C=O) groups excluding carboxylic acids is 1. The largest absolute Gasteiger partial charge is 0.497 e. The highest BCUT2D eigenvalue weighted by Gasteiger charge is 2.22. The Balaban J connectivity index is 1.95. The Hall–Kier alpha value is -1.59. The molecule has 1 aromatic rings. The third-order valence-corrected chi connectivity index (χ3v) is 3.19. The first kappa shape index (κ1) is 13.8. The molecular formula is C14H20N2O3. The zero-order valence-electron chi connectivity index (χ0n) is 11.3. The van der Waals surface area contributed by atoms with Gasteiger partial charge in [-0.05, 0) is 24.6 Å². The summed E-state index contributed by atoms with van der Waals surface area (Å²) in [5.41, 5.74) is 1.02. The molecule has 1 aliphatic heterocycles. The number of morpholine rings is 1. The zero-order chi connectivity index (χ0) is 13.7. The fourth-order valence-corrected chi connectivity index (χ4v) is 2.04. The summed E-state index contributed by atoms with van der Waals surface area (Å²) in [6.45, 7) is 3.76. The van der Waals surface area contributed by atoms with Crippen molar-refractivity contribution in [2.45, 2.75) is 19.0 Å². The minimum absolute atomic E-state index is 0.0324. The molecule has 2 atom stereocenters. The summed E-state index contributed by atoms with van der Waals surface area (Å²) < 4.78 is 10.5. The van der Waals surface area contributed by atoms with Gasteiger partial charge in [0.05, 0.1) is 26.4 Å². The summed E-state index contributed by atoms with van der Waals surface area (Å²) in [7, 11) is 1.63. The number of rotatable bonds is 4. The number of nitrogens with one attached hydrogen (secondary N) is 2. The lowest BCUT2D eigenvalue weighted by molar-refractivity contribution is -0.126. The number of hydrogen-bond acceptors (Lipinski definition) is 4. The van der Waals surface area contributed by atoms with Crippen LogP contribution in [0, 0.1) is 0 Å². The second-order valence-corrected chi connectivity index (χ2v) is 4.59. The van der Waals surface area contributed by atoms with Crippen molar-refractivity contribution < 1.29 is 14.3 Å². The maximum atomic E-state index is 12.1. The molecule has 1 aromatic carbocycles. The Morgan fingerprint density at radius 2 is 2.42 bits per heavy atom. The monoisotopic (exact) mass is 264 g/mol. The lowest BCUT2D eigenvalue weighted by atomic mass is 10.1. The van der Waals surface area contributed by atoms with Crippen LogP contribution < -0.4 is 15.4 Å². The Morgan fingerprint density at radius 1 is 1.58 bits per heavy atom. The fourth-order valence-electron chi connectivity index (χ4n) is 2.04. The van der Waals surface area contributed by atoms with Gasteiger partial charge in [-0.3, -0.25) is 4.79 Å². The Labute approximate surface area is 113 Å². The molecule has 2 rings (SSSR count). The van der Waals surface area contributed by atoms with Crippen LogP contribution in [0.1, 0.15) is 18.5 Å². The number of ether oxygens (including phenoxy) is 2. The van der Waals surface area contributed by atoms with E-state index in [4.69, 9.17) is 9.47 Å². The summed E-state index contributed by atoms with van der Waals surface area (Å²) in [6.07, 6.45) is 0. The molecule has 0 spiro atoms. The predicted molar refractivity (Wildman–Crippen MR) is 72.2 cm³/mol. The van der Waals surface area contributed by atoms with Crippen LogP contribution in [0.5, 0.6) is 5.75 Å². The van der Waals surface area contributed by atoms with Crippen LogP contribution in [0.2, 0.25) is 0 Å². The van der Waals surface area contributed by atoms with Crippen LogP contribution in [0.15, 0.2) is 24.3 Å². The first-order chi connectivity index (χ1) is 9.20. The molecule has 0 radical (unpaired) electrons. The molecule has 0 saturated carbocycles. The molecule has 2 N–H and O–H groups in total. The summed E-state index contributed by atoms with van der Waals surface area (Å²) in [4.78, 5) is 12.1. The average molecular weight is 264 g/mol. The third kappa shape index (κ3) is 3.68. The highest BCUT2D eigenvalue weighted by molar-refractivity contribution is 5.82. The minimum Gasteiger partial charge on any atom is -0.497 e. The van der Waals surface area contributed by atoms with Crippen LogP contribution in [-0.2, 0) is 9.53 Å². The van der Waals surface area contributed by atoms with E-state index in [2.05, 4.69) is 10.6 Å². The molecule has 1 unspecified atom stereocenters. The van der Waals surface area contributed by atoms with Crippen molar-refractivity contribution in [3.63, 3.8) is 0 Å². The van der Waals surface area contributed by atoms with Crippen molar-refractivity contribution in [3.8, 4) is 5.75 Å². The van der Waals surface area contributed by atoms with E-state index in [0.717, 1.165) is 11.3 Å². The van der Waals surface area contributed by atoms with Gasteiger partial charge in [-0.15, -0.1) is 0 Å². The van der Waals surface area contributed by atoms with Gasteiger partial charge in [-0.1, -0.05) is 12.1 Å². The van der Waals surface area contributed by atoms with E-state index in [1.165, 1.54) is 0 Å². The molecular weight excluding hydrogens is 244 g/mol. The maximum Gasteiger partial charge on any atom is 0.240 e. The molecule has 0 aromatic heterocycles. The van der Waals surface area contributed by atoms with E-state index >= 15 is 0 Å². The van der Waals surface area contributed by atoms with Gasteiger partial charge in [-0.2, -0.15) is 0 Å². The summed E-state index contributed by atoms with van der Waals surface area (Å²) in [5.74, 6) is 0.757. The molecule has 1 aliphatic rings. The van der Waals surface area contributed by atoms with Crippen LogP contribution in [0.4, 0.5) is 0 Å². The Morgan fingerprint density at radius 3 is 3.11 bits per heavy atom. The molecule has 104 valence electrons. The Kier molecular flexibility index (Phi) is 4.76. The standard InChI is InChI=1S/C14H20N2O3/c1-10(11-4-3-5-12(8-11)18-2)16-14(17)13-9-19-7-6-15-13/h3-5,8,10,13,15H,6-7,9H2,1-2H3,(H,16,17)/t10-,13?/m0/s1. The van der Waals surface area contributed by atoms with Gasteiger partial charge < -0.3 is 20.1 Å². The lowest BCUT2D eigenvalue weighted by Gasteiger charge is -2.25. The van der Waals surface area contributed by atoms with E-state index < -0.39 is 0 Å². The van der Waals surface area contributed by atoms with Crippen molar-refractivity contribution >= 4 is 5.91 Å². The fraction of sp³-hybridized carbons (Fsp3) is 0.500. The first-order valence-electron chi connectivity index (χ1n) is 6.46. The van der Waals surface area contributed by atoms with Gasteiger partial charge in [0.15, 0.2) is 0 Å².